The van der Waals surface area contributed by atoms with E-state index in [2.05, 4.69) is 5.32 Å². The molecule has 5 nitrogen and oxygen atoms in total. The Hall–Kier alpha value is -2.04. The van der Waals surface area contributed by atoms with E-state index in [1.165, 1.54) is 0 Å². The zero-order valence-corrected chi connectivity index (χ0v) is 13.5. The molecule has 1 aromatic carbocycles. The molecule has 0 aliphatic rings. The molecule has 0 saturated heterocycles. The average molecular weight is 307 g/mol. The van der Waals surface area contributed by atoms with E-state index in [-0.39, 0.29) is 18.4 Å². The summed E-state index contributed by atoms with van der Waals surface area (Å²) in [5, 5.41) is 11.8. The second-order valence-electron chi connectivity index (χ2n) is 5.82. The van der Waals surface area contributed by atoms with Crippen molar-refractivity contribution in [2.45, 2.75) is 33.1 Å². The molecule has 22 heavy (non-hydrogen) atoms. The summed E-state index contributed by atoms with van der Waals surface area (Å²) in [6.07, 6.45) is 1.53. The number of carboxylic acid groups (broad SMARTS) is 1. The van der Waals surface area contributed by atoms with Crippen LogP contribution < -0.4 is 10.1 Å². The standard InChI is InChI=1S/C17H25NO4/c1-12(2)10-14(17(20)21)11-18-16(19)9-6-13-4-7-15(22-3)8-5-13/h4-5,7-8,12,14H,6,9-11H2,1-3H3,(H,18,19)(H,20,21). The Morgan fingerprint density at radius 2 is 1.86 bits per heavy atom. The summed E-state index contributed by atoms with van der Waals surface area (Å²) < 4.78 is 5.08. The Labute approximate surface area is 131 Å². The highest BCUT2D eigenvalue weighted by Gasteiger charge is 2.19. The van der Waals surface area contributed by atoms with E-state index in [1.807, 2.05) is 38.1 Å². The predicted octanol–water partition coefficient (Wildman–Crippen LogP) is 2.49. The van der Waals surface area contributed by atoms with Crippen LogP contribution in [0.2, 0.25) is 0 Å². The van der Waals surface area contributed by atoms with E-state index >= 15 is 0 Å². The summed E-state index contributed by atoms with van der Waals surface area (Å²) >= 11 is 0. The van der Waals surface area contributed by atoms with Crippen molar-refractivity contribution in [3.63, 3.8) is 0 Å². The van der Waals surface area contributed by atoms with Crippen molar-refractivity contribution in [2.75, 3.05) is 13.7 Å². The maximum absolute atomic E-state index is 11.8. The van der Waals surface area contributed by atoms with E-state index in [0.29, 0.717) is 19.3 Å². The first-order valence-electron chi connectivity index (χ1n) is 7.54. The number of carboxylic acids is 1. The number of hydrogen-bond donors (Lipinski definition) is 2. The molecule has 1 amide bonds. The molecule has 1 rings (SSSR count). The molecule has 5 heteroatoms. The van der Waals surface area contributed by atoms with Gasteiger partial charge in [-0.15, -0.1) is 0 Å². The van der Waals surface area contributed by atoms with Crippen LogP contribution in [-0.4, -0.2) is 30.6 Å². The monoisotopic (exact) mass is 307 g/mol. The first-order valence-corrected chi connectivity index (χ1v) is 7.54. The molecule has 0 spiro atoms. The smallest absolute Gasteiger partial charge is 0.308 e. The second-order valence-corrected chi connectivity index (χ2v) is 5.82. The molecule has 1 aromatic rings. The fraction of sp³-hybridized carbons (Fsp3) is 0.529. The van der Waals surface area contributed by atoms with Crippen molar-refractivity contribution >= 4 is 11.9 Å². The lowest BCUT2D eigenvalue weighted by atomic mass is 9.97. The predicted molar refractivity (Wildman–Crippen MR) is 84.9 cm³/mol. The Morgan fingerprint density at radius 3 is 2.36 bits per heavy atom. The molecule has 0 saturated carbocycles. The van der Waals surface area contributed by atoms with Gasteiger partial charge in [-0.2, -0.15) is 0 Å². The normalized spacial score (nSPS) is 12.0. The number of rotatable bonds is 9. The molecular weight excluding hydrogens is 282 g/mol. The highest BCUT2D eigenvalue weighted by atomic mass is 16.5. The first-order chi connectivity index (χ1) is 10.4. The molecule has 1 unspecified atom stereocenters. The Kier molecular flexibility index (Phi) is 7.43. The SMILES string of the molecule is COc1ccc(CCC(=O)NCC(CC(C)C)C(=O)O)cc1. The number of methoxy groups -OCH3 is 1. The van der Waals surface area contributed by atoms with Crippen LogP contribution in [0, 0.1) is 11.8 Å². The largest absolute Gasteiger partial charge is 0.497 e. The molecule has 122 valence electrons. The lowest BCUT2D eigenvalue weighted by Gasteiger charge is -2.15. The Morgan fingerprint density at radius 1 is 1.23 bits per heavy atom. The van der Waals surface area contributed by atoms with Crippen molar-refractivity contribution in [3.8, 4) is 5.75 Å². The molecule has 0 aliphatic heterocycles. The second kappa shape index (κ2) is 9.07. The zero-order chi connectivity index (χ0) is 16.5. The number of carbonyl (C=O) groups excluding carboxylic acids is 1. The molecule has 0 heterocycles. The fourth-order valence-corrected chi connectivity index (χ4v) is 2.22. The molecule has 0 aliphatic carbocycles. The van der Waals surface area contributed by atoms with Gasteiger partial charge in [0.1, 0.15) is 5.75 Å². The van der Waals surface area contributed by atoms with E-state index in [9.17, 15) is 9.59 Å². The van der Waals surface area contributed by atoms with Gasteiger partial charge in [0.15, 0.2) is 0 Å². The van der Waals surface area contributed by atoms with Crippen LogP contribution in [0.5, 0.6) is 5.75 Å². The zero-order valence-electron chi connectivity index (χ0n) is 13.5. The number of benzene rings is 1. The molecule has 2 N–H and O–H groups in total. The van der Waals surface area contributed by atoms with Crippen LogP contribution in [-0.2, 0) is 16.0 Å². The molecule has 0 radical (unpaired) electrons. The van der Waals surface area contributed by atoms with Gasteiger partial charge < -0.3 is 15.2 Å². The Bertz CT molecular complexity index is 482. The number of ether oxygens (including phenoxy) is 1. The summed E-state index contributed by atoms with van der Waals surface area (Å²) in [5.74, 6) is -0.427. The summed E-state index contributed by atoms with van der Waals surface area (Å²) in [4.78, 5) is 22.9. The molecule has 0 fully saturated rings. The lowest BCUT2D eigenvalue weighted by Crippen LogP contribution is -2.33. The van der Waals surface area contributed by atoms with E-state index in [1.54, 1.807) is 7.11 Å². The van der Waals surface area contributed by atoms with Gasteiger partial charge in [-0.25, -0.2) is 0 Å². The van der Waals surface area contributed by atoms with Gasteiger partial charge in [0, 0.05) is 13.0 Å². The molecule has 0 aromatic heterocycles. The summed E-state index contributed by atoms with van der Waals surface area (Å²) in [6.45, 7) is 4.14. The van der Waals surface area contributed by atoms with Gasteiger partial charge in [0.05, 0.1) is 13.0 Å². The Balaban J connectivity index is 2.37. The third-order valence-electron chi connectivity index (χ3n) is 3.45. The van der Waals surface area contributed by atoms with Gasteiger partial charge in [-0.3, -0.25) is 9.59 Å². The van der Waals surface area contributed by atoms with Crippen molar-refractivity contribution in [1.82, 2.24) is 5.32 Å². The summed E-state index contributed by atoms with van der Waals surface area (Å²) in [6, 6.07) is 7.56. The highest BCUT2D eigenvalue weighted by Crippen LogP contribution is 2.13. The van der Waals surface area contributed by atoms with Gasteiger partial charge in [0.2, 0.25) is 5.91 Å². The number of aryl methyl sites for hydroxylation is 1. The number of aliphatic carboxylic acids is 1. The topological polar surface area (TPSA) is 75.6 Å². The number of amides is 1. The average Bonchev–Trinajstić information content (AvgIpc) is 2.49. The van der Waals surface area contributed by atoms with E-state index < -0.39 is 11.9 Å². The summed E-state index contributed by atoms with van der Waals surface area (Å²) in [5.41, 5.74) is 1.05. The lowest BCUT2D eigenvalue weighted by molar-refractivity contribution is -0.142. The quantitative estimate of drug-likeness (QED) is 0.735. The highest BCUT2D eigenvalue weighted by molar-refractivity contribution is 5.77. The van der Waals surface area contributed by atoms with Crippen LogP contribution in [0.1, 0.15) is 32.3 Å². The number of nitrogens with one attached hydrogen (secondary N) is 1. The van der Waals surface area contributed by atoms with E-state index in [4.69, 9.17) is 9.84 Å². The maximum atomic E-state index is 11.8. The van der Waals surface area contributed by atoms with Crippen LogP contribution >= 0.6 is 0 Å². The van der Waals surface area contributed by atoms with Crippen molar-refractivity contribution < 1.29 is 19.4 Å². The number of hydrogen-bond acceptors (Lipinski definition) is 3. The van der Waals surface area contributed by atoms with Gasteiger partial charge in [0.25, 0.3) is 0 Å². The van der Waals surface area contributed by atoms with Crippen LogP contribution in [0.4, 0.5) is 0 Å². The van der Waals surface area contributed by atoms with Gasteiger partial charge in [-0.1, -0.05) is 26.0 Å². The molecule has 0 bridgehead atoms. The minimum atomic E-state index is -0.857. The molecule has 1 atom stereocenters. The van der Waals surface area contributed by atoms with Gasteiger partial charge >= 0.3 is 5.97 Å². The van der Waals surface area contributed by atoms with Crippen LogP contribution in [0.15, 0.2) is 24.3 Å². The van der Waals surface area contributed by atoms with E-state index in [0.717, 1.165) is 11.3 Å². The third-order valence-corrected chi connectivity index (χ3v) is 3.45. The fourth-order valence-electron chi connectivity index (χ4n) is 2.22. The molecular formula is C17H25NO4. The maximum Gasteiger partial charge on any atom is 0.308 e. The van der Waals surface area contributed by atoms with Crippen molar-refractivity contribution in [1.29, 1.82) is 0 Å². The number of carbonyl (C=O) groups is 2. The minimum absolute atomic E-state index is 0.120. The summed E-state index contributed by atoms with van der Waals surface area (Å²) in [7, 11) is 1.61. The van der Waals surface area contributed by atoms with Crippen molar-refractivity contribution in [3.05, 3.63) is 29.8 Å². The first kappa shape index (κ1) is 18.0. The minimum Gasteiger partial charge on any atom is -0.497 e. The van der Waals surface area contributed by atoms with Crippen LogP contribution in [0.25, 0.3) is 0 Å². The van der Waals surface area contributed by atoms with Crippen LogP contribution in [0.3, 0.4) is 0 Å². The van der Waals surface area contributed by atoms with Gasteiger partial charge in [-0.05, 0) is 36.5 Å². The third kappa shape index (κ3) is 6.61. The van der Waals surface area contributed by atoms with Crippen molar-refractivity contribution in [2.24, 2.45) is 11.8 Å².